The molecule has 1 aromatic heterocycles. The molecule has 0 aliphatic carbocycles. The monoisotopic (exact) mass is 277 g/mol. The van der Waals surface area contributed by atoms with Crippen LogP contribution < -0.4 is 0 Å². The van der Waals surface area contributed by atoms with Gasteiger partial charge in [0.1, 0.15) is 0 Å². The van der Waals surface area contributed by atoms with Crippen LogP contribution in [0.25, 0.3) is 5.69 Å². The maximum absolute atomic E-state index is 5.38. The first-order valence-electron chi connectivity index (χ1n) is 6.08. The summed E-state index contributed by atoms with van der Waals surface area (Å²) in [6.07, 6.45) is 2.40. The highest BCUT2D eigenvalue weighted by atomic mass is 32.2. The molecule has 0 bridgehead atoms. The number of thioether (sulfide) groups is 1. The van der Waals surface area contributed by atoms with Crippen molar-refractivity contribution in [3.63, 3.8) is 0 Å². The van der Waals surface area contributed by atoms with Crippen molar-refractivity contribution in [3.8, 4) is 5.69 Å². The molecule has 1 atom stereocenters. The standard InChI is InChI=1S/C13H15N3S2/c1-13(8-5-9-18-13)11-14-15-12(17)16(11)10-6-3-2-4-7-10/h2-4,6-7H,5,8-9H2,1H3,(H,15,17). The lowest BCUT2D eigenvalue weighted by Crippen LogP contribution is -2.19. The summed E-state index contributed by atoms with van der Waals surface area (Å²) < 4.78 is 2.81. The summed E-state index contributed by atoms with van der Waals surface area (Å²) >= 11 is 7.35. The average Bonchev–Trinajstić information content (AvgIpc) is 2.98. The van der Waals surface area contributed by atoms with Gasteiger partial charge in [-0.15, -0.1) is 11.8 Å². The van der Waals surface area contributed by atoms with Gasteiger partial charge in [-0.2, -0.15) is 5.10 Å². The molecule has 0 amide bonds. The van der Waals surface area contributed by atoms with Crippen LogP contribution in [0.4, 0.5) is 0 Å². The largest absolute Gasteiger partial charge is 0.271 e. The molecule has 1 unspecified atom stereocenters. The maximum Gasteiger partial charge on any atom is 0.199 e. The van der Waals surface area contributed by atoms with E-state index in [9.17, 15) is 0 Å². The van der Waals surface area contributed by atoms with Crippen LogP contribution >= 0.6 is 24.0 Å². The van der Waals surface area contributed by atoms with E-state index in [0.717, 1.165) is 17.9 Å². The van der Waals surface area contributed by atoms with Crippen molar-refractivity contribution in [2.75, 3.05) is 5.75 Å². The molecule has 1 aliphatic heterocycles. The summed E-state index contributed by atoms with van der Waals surface area (Å²) in [5.41, 5.74) is 1.08. The fourth-order valence-electron chi connectivity index (χ4n) is 2.42. The molecule has 5 heteroatoms. The number of nitrogens with zero attached hydrogens (tertiary/aromatic N) is 2. The minimum atomic E-state index is 0.0728. The molecule has 3 nitrogen and oxygen atoms in total. The molecule has 1 N–H and O–H groups in total. The van der Waals surface area contributed by atoms with Crippen LogP contribution in [0.3, 0.4) is 0 Å². The van der Waals surface area contributed by atoms with Crippen LogP contribution in [-0.4, -0.2) is 20.5 Å². The molecule has 3 rings (SSSR count). The topological polar surface area (TPSA) is 33.6 Å². The quantitative estimate of drug-likeness (QED) is 0.850. The first-order chi connectivity index (χ1) is 8.71. The summed E-state index contributed by atoms with van der Waals surface area (Å²) in [5.74, 6) is 2.24. The van der Waals surface area contributed by atoms with Gasteiger partial charge in [-0.25, -0.2) is 0 Å². The van der Waals surface area contributed by atoms with Crippen LogP contribution in [0.2, 0.25) is 0 Å². The third-order valence-corrected chi connectivity index (χ3v) is 5.17. The third-order valence-electron chi connectivity index (χ3n) is 3.38. The molecule has 94 valence electrons. The molecule has 2 aromatic rings. The summed E-state index contributed by atoms with van der Waals surface area (Å²) in [6, 6.07) is 10.2. The van der Waals surface area contributed by atoms with Gasteiger partial charge in [-0.05, 0) is 49.9 Å². The Labute approximate surface area is 116 Å². The van der Waals surface area contributed by atoms with Gasteiger partial charge >= 0.3 is 0 Å². The molecule has 0 saturated carbocycles. The number of aromatic nitrogens is 3. The number of H-pyrrole nitrogens is 1. The van der Waals surface area contributed by atoms with E-state index in [-0.39, 0.29) is 4.75 Å². The van der Waals surface area contributed by atoms with Crippen LogP contribution in [0.5, 0.6) is 0 Å². The van der Waals surface area contributed by atoms with E-state index < -0.39 is 0 Å². The van der Waals surface area contributed by atoms with E-state index in [1.807, 2.05) is 30.0 Å². The van der Waals surface area contributed by atoms with Crippen molar-refractivity contribution in [3.05, 3.63) is 40.9 Å². The molecule has 1 aromatic carbocycles. The van der Waals surface area contributed by atoms with Gasteiger partial charge < -0.3 is 0 Å². The van der Waals surface area contributed by atoms with Crippen LogP contribution in [0, 0.1) is 4.77 Å². The highest BCUT2D eigenvalue weighted by Crippen LogP contribution is 2.45. The number of hydrogen-bond donors (Lipinski definition) is 1. The average molecular weight is 277 g/mol. The van der Waals surface area contributed by atoms with Crippen molar-refractivity contribution in [2.24, 2.45) is 0 Å². The molecule has 18 heavy (non-hydrogen) atoms. The molecule has 1 aliphatic rings. The van der Waals surface area contributed by atoms with Crippen molar-refractivity contribution in [1.29, 1.82) is 0 Å². The predicted octanol–water partition coefficient (Wildman–Crippen LogP) is 3.67. The zero-order chi connectivity index (χ0) is 12.6. The molecule has 2 heterocycles. The zero-order valence-electron chi connectivity index (χ0n) is 10.2. The molecule has 1 fully saturated rings. The first-order valence-corrected chi connectivity index (χ1v) is 7.47. The van der Waals surface area contributed by atoms with Crippen molar-refractivity contribution < 1.29 is 0 Å². The number of nitrogens with one attached hydrogen (secondary N) is 1. The van der Waals surface area contributed by atoms with Gasteiger partial charge in [0.25, 0.3) is 0 Å². The molecular formula is C13H15N3S2. The Kier molecular flexibility index (Phi) is 3.03. The summed E-state index contributed by atoms with van der Waals surface area (Å²) in [5, 5.41) is 7.41. The van der Waals surface area contributed by atoms with Crippen molar-refractivity contribution >= 4 is 24.0 Å². The Morgan fingerprint density at radius 2 is 2.17 bits per heavy atom. The van der Waals surface area contributed by atoms with E-state index in [2.05, 4.69) is 33.8 Å². The lowest BCUT2D eigenvalue weighted by atomic mass is 10.0. The van der Waals surface area contributed by atoms with Crippen LogP contribution in [0.1, 0.15) is 25.6 Å². The number of para-hydroxylation sites is 1. The lowest BCUT2D eigenvalue weighted by Gasteiger charge is -2.22. The van der Waals surface area contributed by atoms with Gasteiger partial charge in [0, 0.05) is 5.69 Å². The van der Waals surface area contributed by atoms with E-state index in [4.69, 9.17) is 12.2 Å². The van der Waals surface area contributed by atoms with Crippen LogP contribution in [0.15, 0.2) is 30.3 Å². The Bertz CT molecular complexity index is 594. The SMILES string of the molecule is CC1(c2n[nH]c(=S)n2-c2ccccc2)CCCS1. The Balaban J connectivity index is 2.16. The minimum absolute atomic E-state index is 0.0728. The Hall–Kier alpha value is -1.07. The number of hydrogen-bond acceptors (Lipinski definition) is 3. The fraction of sp³-hybridized carbons (Fsp3) is 0.385. The first kappa shape index (κ1) is 12.0. The summed E-state index contributed by atoms with van der Waals surface area (Å²) in [4.78, 5) is 0. The van der Waals surface area contributed by atoms with Crippen molar-refractivity contribution in [1.82, 2.24) is 14.8 Å². The highest BCUT2D eigenvalue weighted by molar-refractivity contribution is 8.00. The molecular weight excluding hydrogens is 262 g/mol. The van der Waals surface area contributed by atoms with E-state index in [1.165, 1.54) is 12.2 Å². The number of benzene rings is 1. The van der Waals surface area contributed by atoms with Gasteiger partial charge in [-0.3, -0.25) is 9.67 Å². The summed E-state index contributed by atoms with van der Waals surface area (Å²) in [7, 11) is 0. The van der Waals surface area contributed by atoms with E-state index in [0.29, 0.717) is 4.77 Å². The van der Waals surface area contributed by atoms with Gasteiger partial charge in [-0.1, -0.05) is 18.2 Å². The molecule has 0 radical (unpaired) electrons. The second-order valence-electron chi connectivity index (χ2n) is 4.71. The van der Waals surface area contributed by atoms with Gasteiger partial charge in [0.05, 0.1) is 4.75 Å². The van der Waals surface area contributed by atoms with E-state index >= 15 is 0 Å². The lowest BCUT2D eigenvalue weighted by molar-refractivity contribution is 0.591. The van der Waals surface area contributed by atoms with E-state index in [1.54, 1.807) is 0 Å². The number of aromatic amines is 1. The maximum atomic E-state index is 5.38. The van der Waals surface area contributed by atoms with Crippen molar-refractivity contribution in [2.45, 2.75) is 24.5 Å². The smallest absolute Gasteiger partial charge is 0.199 e. The fourth-order valence-corrected chi connectivity index (χ4v) is 3.96. The van der Waals surface area contributed by atoms with Gasteiger partial charge in [0.2, 0.25) is 0 Å². The molecule has 1 saturated heterocycles. The zero-order valence-corrected chi connectivity index (χ0v) is 11.9. The second-order valence-corrected chi connectivity index (χ2v) is 6.69. The van der Waals surface area contributed by atoms with Gasteiger partial charge in [0.15, 0.2) is 10.6 Å². The predicted molar refractivity (Wildman–Crippen MR) is 77.8 cm³/mol. The second kappa shape index (κ2) is 4.55. The van der Waals surface area contributed by atoms with Crippen LogP contribution in [-0.2, 0) is 4.75 Å². The minimum Gasteiger partial charge on any atom is -0.271 e. The normalized spacial score (nSPS) is 23.4. The Morgan fingerprint density at radius 3 is 2.83 bits per heavy atom. The highest BCUT2D eigenvalue weighted by Gasteiger charge is 2.36. The third kappa shape index (κ3) is 1.91. The molecule has 0 spiro atoms. The summed E-state index contributed by atoms with van der Waals surface area (Å²) in [6.45, 7) is 2.26. The number of rotatable bonds is 2. The Morgan fingerprint density at radius 1 is 1.39 bits per heavy atom.